The zero-order chi connectivity index (χ0) is 12.3. The first-order valence-electron chi connectivity index (χ1n) is 4.94. The Morgan fingerprint density at radius 3 is 2.53 bits per heavy atom. The second-order valence-electron chi connectivity index (χ2n) is 3.31. The molecular formula is C11H11N3O3. The third-order valence-corrected chi connectivity index (χ3v) is 2.07. The molecule has 0 spiro atoms. The van der Waals surface area contributed by atoms with Gasteiger partial charge >= 0.3 is 11.8 Å². The maximum atomic E-state index is 11.6. The van der Waals surface area contributed by atoms with Crippen molar-refractivity contribution in [2.75, 3.05) is 12.4 Å². The predicted octanol–water partition coefficient (Wildman–Crippen LogP) is 1.64. The van der Waals surface area contributed by atoms with Gasteiger partial charge in [0.25, 0.3) is 0 Å². The van der Waals surface area contributed by atoms with Crippen LogP contribution in [0.25, 0.3) is 0 Å². The maximum absolute atomic E-state index is 11.6. The van der Waals surface area contributed by atoms with Crippen molar-refractivity contribution in [1.82, 2.24) is 10.2 Å². The Kier molecular flexibility index (Phi) is 3.04. The van der Waals surface area contributed by atoms with Gasteiger partial charge in [0.2, 0.25) is 5.89 Å². The molecule has 0 bridgehead atoms. The van der Waals surface area contributed by atoms with Gasteiger partial charge in [-0.2, -0.15) is 0 Å². The third-order valence-electron chi connectivity index (χ3n) is 2.07. The van der Waals surface area contributed by atoms with Gasteiger partial charge in [-0.3, -0.25) is 4.79 Å². The second kappa shape index (κ2) is 4.65. The normalized spacial score (nSPS) is 10.0. The van der Waals surface area contributed by atoms with Crippen LogP contribution in [0.4, 0.5) is 5.69 Å². The van der Waals surface area contributed by atoms with Gasteiger partial charge in [0.15, 0.2) is 0 Å². The minimum atomic E-state index is -0.434. The number of anilines is 1. The molecule has 0 saturated carbocycles. The summed E-state index contributed by atoms with van der Waals surface area (Å²) in [6.45, 7) is 1.62. The van der Waals surface area contributed by atoms with Crippen LogP contribution in [0.5, 0.6) is 5.75 Å². The summed E-state index contributed by atoms with van der Waals surface area (Å²) in [6, 6.07) is 6.93. The molecule has 0 unspecified atom stereocenters. The van der Waals surface area contributed by atoms with Crippen LogP contribution in [-0.4, -0.2) is 23.2 Å². The maximum Gasteiger partial charge on any atom is 0.313 e. The first-order valence-corrected chi connectivity index (χ1v) is 4.94. The molecule has 1 N–H and O–H groups in total. The van der Waals surface area contributed by atoms with Gasteiger partial charge in [-0.25, -0.2) is 0 Å². The van der Waals surface area contributed by atoms with Crippen molar-refractivity contribution in [2.24, 2.45) is 0 Å². The van der Waals surface area contributed by atoms with E-state index in [-0.39, 0.29) is 5.89 Å². The van der Waals surface area contributed by atoms with E-state index in [0.717, 1.165) is 5.75 Å². The molecule has 0 atom stereocenters. The fourth-order valence-corrected chi connectivity index (χ4v) is 1.25. The van der Waals surface area contributed by atoms with E-state index in [0.29, 0.717) is 11.6 Å². The lowest BCUT2D eigenvalue weighted by Crippen LogP contribution is -2.12. The topological polar surface area (TPSA) is 77.2 Å². The number of ether oxygens (including phenoxy) is 1. The van der Waals surface area contributed by atoms with Crippen LogP contribution in [0.2, 0.25) is 0 Å². The van der Waals surface area contributed by atoms with Gasteiger partial charge in [0, 0.05) is 12.6 Å². The smallest absolute Gasteiger partial charge is 0.313 e. The minimum absolute atomic E-state index is 0.0571. The van der Waals surface area contributed by atoms with Gasteiger partial charge in [0.1, 0.15) is 5.75 Å². The van der Waals surface area contributed by atoms with Crippen molar-refractivity contribution in [1.29, 1.82) is 0 Å². The third kappa shape index (κ3) is 2.60. The number of methoxy groups -OCH3 is 1. The molecule has 0 aliphatic carbocycles. The number of carbonyl (C=O) groups is 1. The van der Waals surface area contributed by atoms with E-state index in [1.165, 1.54) is 0 Å². The van der Waals surface area contributed by atoms with E-state index in [2.05, 4.69) is 15.5 Å². The number of rotatable bonds is 3. The number of nitrogens with zero attached hydrogens (tertiary/aromatic N) is 2. The first-order chi connectivity index (χ1) is 8.19. The number of hydrogen-bond donors (Lipinski definition) is 1. The molecular weight excluding hydrogens is 222 g/mol. The van der Waals surface area contributed by atoms with E-state index in [9.17, 15) is 4.79 Å². The van der Waals surface area contributed by atoms with Gasteiger partial charge in [0.05, 0.1) is 7.11 Å². The average Bonchev–Trinajstić information content (AvgIpc) is 2.77. The highest BCUT2D eigenvalue weighted by atomic mass is 16.5. The molecule has 2 aromatic rings. The molecule has 0 radical (unpaired) electrons. The van der Waals surface area contributed by atoms with E-state index in [4.69, 9.17) is 9.15 Å². The van der Waals surface area contributed by atoms with Crippen LogP contribution in [0.1, 0.15) is 16.6 Å². The van der Waals surface area contributed by atoms with Crippen LogP contribution in [0.3, 0.4) is 0 Å². The quantitative estimate of drug-likeness (QED) is 0.871. The molecule has 88 valence electrons. The fourth-order valence-electron chi connectivity index (χ4n) is 1.25. The Balaban J connectivity index is 2.07. The number of amides is 1. The standard InChI is InChI=1S/C11H11N3O3/c1-7-13-14-11(17-7)10(15)12-8-3-5-9(16-2)6-4-8/h3-6H,1-2H3,(H,12,15). The second-order valence-corrected chi connectivity index (χ2v) is 3.31. The summed E-state index contributed by atoms with van der Waals surface area (Å²) in [5.74, 6) is 0.579. The number of carbonyl (C=O) groups excluding carboxylic acids is 1. The molecule has 6 nitrogen and oxygen atoms in total. The molecule has 17 heavy (non-hydrogen) atoms. The first kappa shape index (κ1) is 11.1. The summed E-state index contributed by atoms with van der Waals surface area (Å²) < 4.78 is 10.0. The Morgan fingerprint density at radius 1 is 1.29 bits per heavy atom. The van der Waals surface area contributed by atoms with Crippen LogP contribution in [0.15, 0.2) is 28.7 Å². The van der Waals surface area contributed by atoms with Crippen LogP contribution >= 0.6 is 0 Å². The number of nitrogens with one attached hydrogen (secondary N) is 1. The lowest BCUT2D eigenvalue weighted by molar-refractivity contribution is 0.0989. The number of benzene rings is 1. The summed E-state index contributed by atoms with van der Waals surface area (Å²) in [6.07, 6.45) is 0. The van der Waals surface area contributed by atoms with Crippen molar-refractivity contribution in [3.05, 3.63) is 36.0 Å². The molecule has 1 heterocycles. The van der Waals surface area contributed by atoms with Crippen LogP contribution in [-0.2, 0) is 0 Å². The highest BCUT2D eigenvalue weighted by molar-refractivity contribution is 6.00. The molecule has 1 aromatic heterocycles. The molecule has 2 rings (SSSR count). The summed E-state index contributed by atoms with van der Waals surface area (Å²) >= 11 is 0. The zero-order valence-electron chi connectivity index (χ0n) is 9.43. The van der Waals surface area contributed by atoms with Crippen molar-refractivity contribution in [3.8, 4) is 5.75 Å². The van der Waals surface area contributed by atoms with Gasteiger partial charge < -0.3 is 14.5 Å². The summed E-state index contributed by atoms with van der Waals surface area (Å²) in [5.41, 5.74) is 0.631. The van der Waals surface area contributed by atoms with Gasteiger partial charge in [-0.1, -0.05) is 0 Å². The SMILES string of the molecule is COc1ccc(NC(=O)c2nnc(C)o2)cc1. The van der Waals surface area contributed by atoms with Crippen LogP contribution in [0, 0.1) is 6.92 Å². The monoisotopic (exact) mass is 233 g/mol. The highest BCUT2D eigenvalue weighted by Crippen LogP contribution is 2.15. The predicted molar refractivity (Wildman–Crippen MR) is 60.0 cm³/mol. The number of aromatic nitrogens is 2. The molecule has 1 aromatic carbocycles. The Morgan fingerprint density at radius 2 is 2.00 bits per heavy atom. The number of aryl methyl sites for hydroxylation is 1. The molecule has 6 heteroatoms. The van der Waals surface area contributed by atoms with Crippen molar-refractivity contribution in [3.63, 3.8) is 0 Å². The largest absolute Gasteiger partial charge is 0.497 e. The Labute approximate surface area is 97.6 Å². The molecule has 0 fully saturated rings. The molecule has 0 aliphatic heterocycles. The minimum Gasteiger partial charge on any atom is -0.497 e. The van der Waals surface area contributed by atoms with E-state index < -0.39 is 5.91 Å². The van der Waals surface area contributed by atoms with E-state index in [1.807, 2.05) is 0 Å². The highest BCUT2D eigenvalue weighted by Gasteiger charge is 2.13. The van der Waals surface area contributed by atoms with Crippen LogP contribution < -0.4 is 10.1 Å². The Bertz CT molecular complexity index is 519. The summed E-state index contributed by atoms with van der Waals surface area (Å²) in [7, 11) is 1.58. The molecule has 0 saturated heterocycles. The van der Waals surface area contributed by atoms with Gasteiger partial charge in [-0.15, -0.1) is 10.2 Å². The van der Waals surface area contributed by atoms with E-state index in [1.54, 1.807) is 38.3 Å². The lowest BCUT2D eigenvalue weighted by atomic mass is 10.3. The van der Waals surface area contributed by atoms with E-state index >= 15 is 0 Å². The summed E-state index contributed by atoms with van der Waals surface area (Å²) in [4.78, 5) is 11.6. The van der Waals surface area contributed by atoms with Crippen molar-refractivity contribution in [2.45, 2.75) is 6.92 Å². The lowest BCUT2D eigenvalue weighted by Gasteiger charge is -2.03. The molecule has 0 aliphatic rings. The average molecular weight is 233 g/mol. The van der Waals surface area contributed by atoms with Gasteiger partial charge in [-0.05, 0) is 24.3 Å². The Hall–Kier alpha value is -2.37. The zero-order valence-corrected chi connectivity index (χ0v) is 9.43. The number of hydrogen-bond acceptors (Lipinski definition) is 5. The van der Waals surface area contributed by atoms with Crippen molar-refractivity contribution >= 4 is 11.6 Å². The molecule has 1 amide bonds. The fraction of sp³-hybridized carbons (Fsp3) is 0.182. The summed E-state index contributed by atoms with van der Waals surface area (Å²) in [5, 5.41) is 9.83. The van der Waals surface area contributed by atoms with Crippen molar-refractivity contribution < 1.29 is 13.9 Å².